The molecule has 0 unspecified atom stereocenters. The van der Waals surface area contributed by atoms with Crippen LogP contribution in [0.25, 0.3) is 0 Å². The molecule has 6 nitrogen and oxygen atoms in total. The van der Waals surface area contributed by atoms with Gasteiger partial charge in [0.05, 0.1) is 13.2 Å². The van der Waals surface area contributed by atoms with Gasteiger partial charge in [-0.1, -0.05) is 0 Å². The number of anilines is 1. The Bertz CT molecular complexity index is 337. The first-order chi connectivity index (χ1) is 7.71. The Morgan fingerprint density at radius 1 is 1.31 bits per heavy atom. The van der Waals surface area contributed by atoms with E-state index in [0.717, 1.165) is 0 Å². The summed E-state index contributed by atoms with van der Waals surface area (Å²) < 4.78 is 5.16. The van der Waals surface area contributed by atoms with Gasteiger partial charge in [0.25, 0.3) is 0 Å². The second kappa shape index (κ2) is 6.44. The number of hydrogen-bond acceptors (Lipinski definition) is 6. The number of likely N-dealkylation sites (N-methyl/N-ethyl adjacent to an activating group) is 1. The van der Waals surface area contributed by atoms with Crippen molar-refractivity contribution in [1.82, 2.24) is 15.0 Å². The van der Waals surface area contributed by atoms with Gasteiger partial charge in [0, 0.05) is 13.1 Å². The Morgan fingerprint density at radius 3 is 2.62 bits per heavy atom. The Kier molecular flexibility index (Phi) is 5.21. The molecule has 90 valence electrons. The summed E-state index contributed by atoms with van der Waals surface area (Å²) in [5, 5.41) is 8.98. The molecular formula is C9H15ClN4O2. The first-order valence-electron chi connectivity index (χ1n) is 5.11. The molecule has 0 aromatic carbocycles. The summed E-state index contributed by atoms with van der Waals surface area (Å²) in [5.41, 5.74) is 0. The summed E-state index contributed by atoms with van der Waals surface area (Å²) in [7, 11) is 0. The third-order valence-electron chi connectivity index (χ3n) is 1.88. The average molecular weight is 247 g/mol. The highest BCUT2D eigenvalue weighted by atomic mass is 35.5. The van der Waals surface area contributed by atoms with Gasteiger partial charge in [0.15, 0.2) is 0 Å². The molecule has 0 aliphatic carbocycles. The summed E-state index contributed by atoms with van der Waals surface area (Å²) in [5.74, 6) is 0.417. The van der Waals surface area contributed by atoms with Crippen molar-refractivity contribution in [3.05, 3.63) is 5.28 Å². The van der Waals surface area contributed by atoms with Crippen LogP contribution in [-0.4, -0.2) is 46.4 Å². The highest BCUT2D eigenvalue weighted by molar-refractivity contribution is 6.28. The van der Waals surface area contributed by atoms with Crippen molar-refractivity contribution < 1.29 is 9.84 Å². The van der Waals surface area contributed by atoms with Crippen LogP contribution in [0.15, 0.2) is 0 Å². The largest absolute Gasteiger partial charge is 0.464 e. The molecule has 7 heteroatoms. The van der Waals surface area contributed by atoms with Gasteiger partial charge >= 0.3 is 6.01 Å². The molecule has 0 atom stereocenters. The summed E-state index contributed by atoms with van der Waals surface area (Å²) in [6.07, 6.45) is 0. The van der Waals surface area contributed by atoms with E-state index < -0.39 is 0 Å². The van der Waals surface area contributed by atoms with E-state index in [4.69, 9.17) is 21.4 Å². The van der Waals surface area contributed by atoms with Crippen LogP contribution in [-0.2, 0) is 0 Å². The van der Waals surface area contributed by atoms with Gasteiger partial charge < -0.3 is 14.7 Å². The van der Waals surface area contributed by atoms with E-state index in [1.54, 1.807) is 4.90 Å². The van der Waals surface area contributed by atoms with E-state index >= 15 is 0 Å². The van der Waals surface area contributed by atoms with Crippen LogP contribution in [0.3, 0.4) is 0 Å². The Morgan fingerprint density at radius 2 is 2.06 bits per heavy atom. The molecular weight excluding hydrogens is 232 g/mol. The maximum Gasteiger partial charge on any atom is 0.322 e. The van der Waals surface area contributed by atoms with Crippen LogP contribution in [0.2, 0.25) is 5.28 Å². The van der Waals surface area contributed by atoms with Crippen molar-refractivity contribution in [1.29, 1.82) is 0 Å². The second-order valence-corrected chi connectivity index (χ2v) is 3.26. The molecule has 0 saturated carbocycles. The first kappa shape index (κ1) is 12.9. The number of ether oxygens (including phenoxy) is 1. The third kappa shape index (κ3) is 3.46. The quantitative estimate of drug-likeness (QED) is 0.798. The van der Waals surface area contributed by atoms with Crippen molar-refractivity contribution in [3.63, 3.8) is 0 Å². The van der Waals surface area contributed by atoms with Crippen LogP contribution < -0.4 is 9.64 Å². The Balaban J connectivity index is 2.92. The van der Waals surface area contributed by atoms with Gasteiger partial charge in [-0.25, -0.2) is 0 Å². The Hall–Kier alpha value is -1.14. The molecule has 0 aliphatic rings. The van der Waals surface area contributed by atoms with Gasteiger partial charge in [-0.05, 0) is 25.4 Å². The van der Waals surface area contributed by atoms with Gasteiger partial charge in [-0.2, -0.15) is 15.0 Å². The molecule has 0 amide bonds. The number of halogens is 1. The average Bonchev–Trinajstić information content (AvgIpc) is 2.25. The summed E-state index contributed by atoms with van der Waals surface area (Å²) in [4.78, 5) is 13.7. The molecule has 1 aromatic heterocycles. The SMILES string of the molecule is CCOc1nc(Cl)nc(N(CC)CCO)n1. The van der Waals surface area contributed by atoms with E-state index in [1.165, 1.54) is 0 Å². The standard InChI is InChI=1S/C9H15ClN4O2/c1-3-14(5-6-15)8-11-7(10)12-9(13-8)16-4-2/h15H,3-6H2,1-2H3. The molecule has 0 fully saturated rings. The lowest BCUT2D eigenvalue weighted by Crippen LogP contribution is -2.28. The Labute approximate surface area is 99.3 Å². The van der Waals surface area contributed by atoms with Crippen molar-refractivity contribution in [2.75, 3.05) is 31.2 Å². The van der Waals surface area contributed by atoms with Crippen LogP contribution in [0.4, 0.5) is 5.95 Å². The van der Waals surface area contributed by atoms with Gasteiger partial charge in [0.2, 0.25) is 11.2 Å². The van der Waals surface area contributed by atoms with E-state index in [-0.39, 0.29) is 17.9 Å². The van der Waals surface area contributed by atoms with Crippen LogP contribution in [0, 0.1) is 0 Å². The highest BCUT2D eigenvalue weighted by Crippen LogP contribution is 2.14. The van der Waals surface area contributed by atoms with E-state index in [2.05, 4.69) is 15.0 Å². The van der Waals surface area contributed by atoms with Crippen LogP contribution >= 0.6 is 11.6 Å². The molecule has 1 rings (SSSR count). The fourth-order valence-corrected chi connectivity index (χ4v) is 1.33. The normalized spacial score (nSPS) is 10.2. The molecule has 16 heavy (non-hydrogen) atoms. The van der Waals surface area contributed by atoms with E-state index in [0.29, 0.717) is 25.6 Å². The molecule has 0 saturated heterocycles. The fourth-order valence-electron chi connectivity index (χ4n) is 1.18. The lowest BCUT2D eigenvalue weighted by Gasteiger charge is -2.19. The topological polar surface area (TPSA) is 71.4 Å². The molecule has 1 N–H and O–H groups in total. The zero-order chi connectivity index (χ0) is 12.0. The van der Waals surface area contributed by atoms with E-state index in [9.17, 15) is 0 Å². The summed E-state index contributed by atoms with van der Waals surface area (Å²) >= 11 is 5.76. The number of aromatic nitrogens is 3. The molecule has 1 aromatic rings. The minimum absolute atomic E-state index is 0.0289. The molecule has 0 bridgehead atoms. The summed E-state index contributed by atoms with van der Waals surface area (Å²) in [6.45, 7) is 5.39. The lowest BCUT2D eigenvalue weighted by molar-refractivity contribution is 0.299. The highest BCUT2D eigenvalue weighted by Gasteiger charge is 2.11. The van der Waals surface area contributed by atoms with Gasteiger partial charge in [-0.3, -0.25) is 0 Å². The minimum Gasteiger partial charge on any atom is -0.464 e. The number of hydrogen-bond donors (Lipinski definition) is 1. The van der Waals surface area contributed by atoms with E-state index in [1.807, 2.05) is 13.8 Å². The van der Waals surface area contributed by atoms with Crippen molar-refractivity contribution in [2.45, 2.75) is 13.8 Å². The number of nitrogens with zero attached hydrogens (tertiary/aromatic N) is 4. The molecule has 0 radical (unpaired) electrons. The molecule has 1 heterocycles. The van der Waals surface area contributed by atoms with Gasteiger partial charge in [0.1, 0.15) is 0 Å². The number of aliphatic hydroxyl groups is 1. The smallest absolute Gasteiger partial charge is 0.322 e. The predicted molar refractivity (Wildman–Crippen MR) is 61.0 cm³/mol. The zero-order valence-corrected chi connectivity index (χ0v) is 10.1. The first-order valence-corrected chi connectivity index (χ1v) is 5.49. The predicted octanol–water partition coefficient (Wildman–Crippen LogP) is 0.742. The monoisotopic (exact) mass is 246 g/mol. The zero-order valence-electron chi connectivity index (χ0n) is 9.35. The maximum atomic E-state index is 8.89. The van der Waals surface area contributed by atoms with Crippen LogP contribution in [0.1, 0.15) is 13.8 Å². The lowest BCUT2D eigenvalue weighted by atomic mass is 10.5. The van der Waals surface area contributed by atoms with Gasteiger partial charge in [-0.15, -0.1) is 0 Å². The minimum atomic E-state index is 0.0289. The second-order valence-electron chi connectivity index (χ2n) is 2.92. The number of rotatable bonds is 6. The number of aliphatic hydroxyl groups excluding tert-OH is 1. The maximum absolute atomic E-state index is 8.89. The van der Waals surface area contributed by atoms with Crippen molar-refractivity contribution in [3.8, 4) is 6.01 Å². The van der Waals surface area contributed by atoms with Crippen molar-refractivity contribution in [2.24, 2.45) is 0 Å². The third-order valence-corrected chi connectivity index (χ3v) is 2.05. The van der Waals surface area contributed by atoms with Crippen molar-refractivity contribution >= 4 is 17.5 Å². The summed E-state index contributed by atoms with van der Waals surface area (Å²) in [6, 6.07) is 0.203. The van der Waals surface area contributed by atoms with Crippen LogP contribution in [0.5, 0.6) is 6.01 Å². The molecule has 0 aliphatic heterocycles. The fraction of sp³-hybridized carbons (Fsp3) is 0.667. The molecule has 0 spiro atoms.